The molecule has 3 heteroatoms. The lowest BCUT2D eigenvalue weighted by Gasteiger charge is -2.24. The molecule has 0 unspecified atom stereocenters. The van der Waals surface area contributed by atoms with Gasteiger partial charge >= 0.3 is 0 Å². The highest BCUT2D eigenvalue weighted by Gasteiger charge is 2.11. The van der Waals surface area contributed by atoms with E-state index in [4.69, 9.17) is 4.98 Å². The molecule has 0 bridgehead atoms. The first kappa shape index (κ1) is 23.1. The van der Waals surface area contributed by atoms with E-state index in [1.807, 2.05) is 42.5 Å². The van der Waals surface area contributed by atoms with E-state index in [0.29, 0.717) is 13.0 Å². The van der Waals surface area contributed by atoms with E-state index in [-0.39, 0.29) is 0 Å². The second-order valence-corrected chi connectivity index (χ2v) is 8.72. The number of benzene rings is 4. The highest BCUT2D eigenvalue weighted by molar-refractivity contribution is 5.77. The number of rotatable bonds is 8. The molecule has 0 spiro atoms. The van der Waals surface area contributed by atoms with Crippen molar-refractivity contribution in [2.24, 2.45) is 0 Å². The van der Waals surface area contributed by atoms with Crippen molar-refractivity contribution in [3.8, 4) is 39.7 Å². The molecule has 0 saturated carbocycles. The predicted octanol–water partition coefficient (Wildman–Crippen LogP) is 8.00. The Hall–Kier alpha value is -4.68. The van der Waals surface area contributed by atoms with Crippen molar-refractivity contribution in [3.05, 3.63) is 133 Å². The number of pyridine rings is 1. The normalized spacial score (nSPS) is 10.5. The second kappa shape index (κ2) is 11.2. The molecule has 0 radical (unpaired) electrons. The van der Waals surface area contributed by atoms with E-state index < -0.39 is 0 Å². The number of nitrogens with zero attached hydrogens (tertiary/aromatic N) is 3. The third-order valence-electron chi connectivity index (χ3n) is 6.24. The van der Waals surface area contributed by atoms with Crippen LogP contribution in [0.3, 0.4) is 0 Å². The van der Waals surface area contributed by atoms with Gasteiger partial charge in [-0.05, 0) is 41.0 Å². The van der Waals surface area contributed by atoms with E-state index in [9.17, 15) is 5.26 Å². The maximum absolute atomic E-state index is 9.18. The monoisotopic (exact) mass is 465 g/mol. The van der Waals surface area contributed by atoms with Gasteiger partial charge in [-0.15, -0.1) is 0 Å². The van der Waals surface area contributed by atoms with Crippen LogP contribution < -0.4 is 4.90 Å². The smallest absolute Gasteiger partial charge is 0.0715 e. The van der Waals surface area contributed by atoms with E-state index in [0.717, 1.165) is 45.9 Å². The molecule has 0 amide bonds. The van der Waals surface area contributed by atoms with Gasteiger partial charge in [-0.3, -0.25) is 0 Å². The molecule has 5 rings (SSSR count). The molecule has 0 atom stereocenters. The Labute approximate surface area is 212 Å². The minimum atomic E-state index is 0.486. The largest absolute Gasteiger partial charge is 0.366 e. The topological polar surface area (TPSA) is 39.9 Å². The maximum atomic E-state index is 9.18. The molecule has 3 nitrogen and oxygen atoms in total. The average molecular weight is 466 g/mol. The van der Waals surface area contributed by atoms with E-state index >= 15 is 0 Å². The molecule has 5 aromatic rings. The Morgan fingerprint density at radius 1 is 0.583 bits per heavy atom. The van der Waals surface area contributed by atoms with Crippen LogP contribution in [0.1, 0.15) is 12.0 Å². The summed E-state index contributed by atoms with van der Waals surface area (Å²) in [6, 6.07) is 46.3. The van der Waals surface area contributed by atoms with Crippen LogP contribution in [-0.2, 0) is 6.54 Å². The van der Waals surface area contributed by atoms with Gasteiger partial charge in [0.1, 0.15) is 0 Å². The van der Waals surface area contributed by atoms with Crippen LogP contribution in [0.5, 0.6) is 0 Å². The third kappa shape index (κ3) is 5.51. The molecule has 0 N–H and O–H groups in total. The Morgan fingerprint density at radius 3 is 1.64 bits per heavy atom. The number of aromatic nitrogens is 1. The van der Waals surface area contributed by atoms with Gasteiger partial charge in [-0.1, -0.05) is 103 Å². The lowest BCUT2D eigenvalue weighted by atomic mass is 9.99. The van der Waals surface area contributed by atoms with Crippen LogP contribution in [0.25, 0.3) is 33.6 Å². The summed E-state index contributed by atoms with van der Waals surface area (Å²) in [7, 11) is 0. The molecule has 0 aliphatic heterocycles. The van der Waals surface area contributed by atoms with E-state index in [1.165, 1.54) is 5.56 Å². The zero-order valence-corrected chi connectivity index (χ0v) is 20.1. The number of hydrogen-bond acceptors (Lipinski definition) is 3. The highest BCUT2D eigenvalue weighted by Crippen LogP contribution is 2.31. The predicted molar refractivity (Wildman–Crippen MR) is 148 cm³/mol. The van der Waals surface area contributed by atoms with Crippen LogP contribution in [0.15, 0.2) is 127 Å². The SMILES string of the molecule is N#CCCN(Cc1ccccc1)c1ccc(-c2cc(-c3ccccc3)nc(-c3ccccc3)c2)cc1. The summed E-state index contributed by atoms with van der Waals surface area (Å²) in [6.07, 6.45) is 0.486. The molecule has 36 heavy (non-hydrogen) atoms. The fourth-order valence-electron chi connectivity index (χ4n) is 4.36. The van der Waals surface area contributed by atoms with E-state index in [2.05, 4.69) is 95.9 Å². The molecule has 0 saturated heterocycles. The lowest BCUT2D eigenvalue weighted by Crippen LogP contribution is -2.23. The first-order valence-electron chi connectivity index (χ1n) is 12.2. The Balaban J connectivity index is 1.50. The minimum absolute atomic E-state index is 0.486. The second-order valence-electron chi connectivity index (χ2n) is 8.72. The molecule has 1 aromatic heterocycles. The van der Waals surface area contributed by atoms with Crippen LogP contribution >= 0.6 is 0 Å². The summed E-state index contributed by atoms with van der Waals surface area (Å²) in [6.45, 7) is 1.46. The van der Waals surface area contributed by atoms with Gasteiger partial charge in [0.15, 0.2) is 0 Å². The van der Waals surface area contributed by atoms with Crippen molar-refractivity contribution in [3.63, 3.8) is 0 Å². The first-order chi connectivity index (χ1) is 17.8. The van der Waals surface area contributed by atoms with Crippen LogP contribution in [0, 0.1) is 11.3 Å². The third-order valence-corrected chi connectivity index (χ3v) is 6.24. The van der Waals surface area contributed by atoms with Gasteiger partial charge in [-0.25, -0.2) is 4.98 Å². The summed E-state index contributed by atoms with van der Waals surface area (Å²) in [4.78, 5) is 7.25. The Kier molecular flexibility index (Phi) is 7.16. The zero-order valence-electron chi connectivity index (χ0n) is 20.1. The lowest BCUT2D eigenvalue weighted by molar-refractivity contribution is 0.798. The zero-order chi connectivity index (χ0) is 24.6. The molecule has 0 aliphatic carbocycles. The maximum Gasteiger partial charge on any atom is 0.0715 e. The van der Waals surface area contributed by atoms with Crippen molar-refractivity contribution in [2.75, 3.05) is 11.4 Å². The quantitative estimate of drug-likeness (QED) is 0.233. The van der Waals surface area contributed by atoms with Gasteiger partial charge in [0, 0.05) is 29.9 Å². The van der Waals surface area contributed by atoms with Crippen LogP contribution in [-0.4, -0.2) is 11.5 Å². The van der Waals surface area contributed by atoms with Crippen molar-refractivity contribution < 1.29 is 0 Å². The average Bonchev–Trinajstić information content (AvgIpc) is 2.96. The van der Waals surface area contributed by atoms with Gasteiger partial charge in [0.05, 0.1) is 23.9 Å². The van der Waals surface area contributed by atoms with Crippen LogP contribution in [0.4, 0.5) is 5.69 Å². The summed E-state index contributed by atoms with van der Waals surface area (Å²) < 4.78 is 0. The fourth-order valence-corrected chi connectivity index (χ4v) is 4.36. The highest BCUT2D eigenvalue weighted by atomic mass is 15.1. The molecule has 1 heterocycles. The van der Waals surface area contributed by atoms with Crippen molar-refractivity contribution in [1.82, 2.24) is 4.98 Å². The summed E-state index contributed by atoms with van der Waals surface area (Å²) >= 11 is 0. The molecule has 0 aliphatic rings. The molecule has 4 aromatic carbocycles. The van der Waals surface area contributed by atoms with Gasteiger partial charge in [-0.2, -0.15) is 5.26 Å². The van der Waals surface area contributed by atoms with Gasteiger partial charge in [0.25, 0.3) is 0 Å². The molecule has 0 fully saturated rings. The Bertz CT molecular complexity index is 1380. The first-order valence-corrected chi connectivity index (χ1v) is 12.2. The molecular weight excluding hydrogens is 438 g/mol. The number of hydrogen-bond donors (Lipinski definition) is 0. The van der Waals surface area contributed by atoms with Crippen LogP contribution in [0.2, 0.25) is 0 Å². The van der Waals surface area contributed by atoms with Gasteiger partial charge in [0.2, 0.25) is 0 Å². The molecule has 174 valence electrons. The van der Waals surface area contributed by atoms with Crippen molar-refractivity contribution in [2.45, 2.75) is 13.0 Å². The summed E-state index contributed by atoms with van der Waals surface area (Å²) in [5, 5.41) is 9.18. The van der Waals surface area contributed by atoms with E-state index in [1.54, 1.807) is 0 Å². The Morgan fingerprint density at radius 2 is 1.11 bits per heavy atom. The van der Waals surface area contributed by atoms with Crippen molar-refractivity contribution in [1.29, 1.82) is 5.26 Å². The minimum Gasteiger partial charge on any atom is -0.366 e. The molecular formula is C33H27N3. The standard InChI is InChI=1S/C33H27N3/c34-21-10-22-36(25-26-11-4-1-5-12-26)31-19-17-27(18-20-31)30-23-32(28-13-6-2-7-14-28)35-33(24-30)29-15-8-3-9-16-29/h1-9,11-20,23-24H,10,22,25H2. The summed E-state index contributed by atoms with van der Waals surface area (Å²) in [5.74, 6) is 0. The van der Waals surface area contributed by atoms with Crippen molar-refractivity contribution >= 4 is 5.69 Å². The van der Waals surface area contributed by atoms with Gasteiger partial charge < -0.3 is 4.90 Å². The fraction of sp³-hybridized carbons (Fsp3) is 0.0909. The number of anilines is 1. The number of nitriles is 1. The summed E-state index contributed by atoms with van der Waals surface area (Å²) in [5.41, 5.74) is 8.70.